The van der Waals surface area contributed by atoms with Crippen molar-refractivity contribution in [1.29, 1.82) is 0 Å². The molecule has 0 unspecified atom stereocenters. The van der Waals surface area contributed by atoms with E-state index >= 15 is 0 Å². The van der Waals surface area contributed by atoms with Crippen LogP contribution in [0, 0.1) is 0 Å². The summed E-state index contributed by atoms with van der Waals surface area (Å²) in [5.41, 5.74) is 1.17. The van der Waals surface area contributed by atoms with Crippen molar-refractivity contribution in [2.24, 2.45) is 0 Å². The van der Waals surface area contributed by atoms with E-state index in [1.54, 1.807) is 48.5 Å². The van der Waals surface area contributed by atoms with Gasteiger partial charge in [-0.3, -0.25) is 9.69 Å². The smallest absolute Gasteiger partial charge is 0.336 e. The maximum absolute atomic E-state index is 12.6. The van der Waals surface area contributed by atoms with Gasteiger partial charge in [0, 0.05) is 10.7 Å². The van der Waals surface area contributed by atoms with Crippen molar-refractivity contribution in [3.05, 3.63) is 53.6 Å². The van der Waals surface area contributed by atoms with Crippen LogP contribution >= 0.6 is 11.6 Å². The van der Waals surface area contributed by atoms with E-state index in [1.165, 1.54) is 4.90 Å². The fourth-order valence-corrected chi connectivity index (χ4v) is 2.56. The minimum absolute atomic E-state index is 0.00937. The van der Waals surface area contributed by atoms with Gasteiger partial charge in [0.2, 0.25) is 0 Å². The molecule has 0 saturated carbocycles. The van der Waals surface area contributed by atoms with Crippen molar-refractivity contribution in [1.82, 2.24) is 0 Å². The van der Waals surface area contributed by atoms with Gasteiger partial charge in [-0.25, -0.2) is 9.69 Å². The van der Waals surface area contributed by atoms with Crippen LogP contribution < -0.4 is 14.5 Å². The molecule has 2 aromatic rings. The van der Waals surface area contributed by atoms with E-state index in [2.05, 4.69) is 0 Å². The van der Waals surface area contributed by atoms with E-state index in [4.69, 9.17) is 16.3 Å². The Morgan fingerprint density at radius 3 is 2.22 bits per heavy atom. The molecule has 0 N–H and O–H groups in total. The van der Waals surface area contributed by atoms with Crippen molar-refractivity contribution in [3.63, 3.8) is 0 Å². The molecule has 0 bridgehead atoms. The van der Waals surface area contributed by atoms with Crippen molar-refractivity contribution < 1.29 is 14.3 Å². The highest BCUT2D eigenvalue weighted by molar-refractivity contribution is 6.31. The van der Waals surface area contributed by atoms with Gasteiger partial charge in [0.15, 0.2) is 0 Å². The molecule has 1 heterocycles. The van der Waals surface area contributed by atoms with E-state index in [9.17, 15) is 9.59 Å². The van der Waals surface area contributed by atoms with Crippen LogP contribution in [0.2, 0.25) is 5.02 Å². The normalized spacial score (nSPS) is 14.5. The second-order valence-corrected chi connectivity index (χ2v) is 5.44. The molecule has 5 nitrogen and oxygen atoms in total. The molecular formula is C17H15ClN2O3. The van der Waals surface area contributed by atoms with E-state index < -0.39 is 0 Å². The Hall–Kier alpha value is -2.53. The number of ether oxygens (including phenoxy) is 1. The molecule has 0 aromatic heterocycles. The molecule has 1 fully saturated rings. The predicted octanol–water partition coefficient (Wildman–Crippen LogP) is 3.71. The quantitative estimate of drug-likeness (QED) is 0.803. The topological polar surface area (TPSA) is 49.9 Å². The number of urea groups is 1. The van der Waals surface area contributed by atoms with E-state index in [0.717, 1.165) is 10.6 Å². The summed E-state index contributed by atoms with van der Waals surface area (Å²) in [6.45, 7) is 2.49. The second kappa shape index (κ2) is 6.30. The third kappa shape index (κ3) is 3.00. The lowest BCUT2D eigenvalue weighted by atomic mass is 10.3. The Labute approximate surface area is 139 Å². The molecule has 23 heavy (non-hydrogen) atoms. The summed E-state index contributed by atoms with van der Waals surface area (Å²) in [6, 6.07) is 13.3. The molecule has 3 rings (SSSR count). The number of carbonyl (C=O) groups excluding carboxylic acids is 2. The highest BCUT2D eigenvalue weighted by Crippen LogP contribution is 2.28. The lowest BCUT2D eigenvalue weighted by Gasteiger charge is -2.17. The molecule has 1 aliphatic heterocycles. The fraction of sp³-hybridized carbons (Fsp3) is 0.176. The van der Waals surface area contributed by atoms with E-state index in [1.807, 2.05) is 6.92 Å². The van der Waals surface area contributed by atoms with Crippen LogP contribution in [0.25, 0.3) is 0 Å². The lowest BCUT2D eigenvalue weighted by Crippen LogP contribution is -2.32. The molecule has 118 valence electrons. The van der Waals surface area contributed by atoms with E-state index in [0.29, 0.717) is 23.0 Å². The van der Waals surface area contributed by atoms with Crippen LogP contribution in [0.3, 0.4) is 0 Å². The van der Waals surface area contributed by atoms with Crippen LogP contribution in [-0.4, -0.2) is 25.1 Å². The number of rotatable bonds is 4. The SMILES string of the molecule is CCOc1ccc(N2CC(=O)N(c3ccc(Cl)cc3)C2=O)cc1. The average Bonchev–Trinajstić information content (AvgIpc) is 2.84. The third-order valence-electron chi connectivity index (χ3n) is 3.51. The Kier molecular flexibility index (Phi) is 4.21. The minimum Gasteiger partial charge on any atom is -0.494 e. The molecule has 0 atom stereocenters. The number of benzene rings is 2. The molecule has 6 heteroatoms. The number of nitrogens with zero attached hydrogens (tertiary/aromatic N) is 2. The highest BCUT2D eigenvalue weighted by Gasteiger charge is 2.37. The molecule has 3 amide bonds. The van der Waals surface area contributed by atoms with Gasteiger partial charge in [-0.15, -0.1) is 0 Å². The van der Waals surface area contributed by atoms with Gasteiger partial charge in [0.1, 0.15) is 12.3 Å². The van der Waals surface area contributed by atoms with Crippen LogP contribution in [0.5, 0.6) is 5.75 Å². The Morgan fingerprint density at radius 1 is 1.00 bits per heavy atom. The number of amides is 3. The van der Waals surface area contributed by atoms with Gasteiger partial charge in [0.25, 0.3) is 5.91 Å². The predicted molar refractivity (Wildman–Crippen MR) is 89.3 cm³/mol. The summed E-state index contributed by atoms with van der Waals surface area (Å²) in [6.07, 6.45) is 0. The second-order valence-electron chi connectivity index (χ2n) is 5.00. The summed E-state index contributed by atoms with van der Waals surface area (Å²) >= 11 is 5.85. The minimum atomic E-state index is -0.374. The van der Waals surface area contributed by atoms with Crippen LogP contribution in [0.15, 0.2) is 48.5 Å². The van der Waals surface area contributed by atoms with Gasteiger partial charge in [-0.1, -0.05) is 11.6 Å². The first kappa shape index (κ1) is 15.4. The molecule has 0 aliphatic carbocycles. The Morgan fingerprint density at radius 2 is 1.61 bits per heavy atom. The first-order chi connectivity index (χ1) is 11.1. The lowest BCUT2D eigenvalue weighted by molar-refractivity contribution is -0.115. The zero-order valence-electron chi connectivity index (χ0n) is 12.5. The zero-order valence-corrected chi connectivity index (χ0v) is 13.3. The summed E-state index contributed by atoms with van der Waals surface area (Å²) in [5.74, 6) is 0.454. The van der Waals surface area contributed by atoms with Crippen molar-refractivity contribution in [2.45, 2.75) is 6.92 Å². The fourth-order valence-electron chi connectivity index (χ4n) is 2.44. The number of imide groups is 1. The largest absolute Gasteiger partial charge is 0.494 e. The van der Waals surface area contributed by atoms with Gasteiger partial charge >= 0.3 is 6.03 Å². The number of hydrogen-bond acceptors (Lipinski definition) is 3. The van der Waals surface area contributed by atoms with Crippen LogP contribution in [0.1, 0.15) is 6.92 Å². The number of hydrogen-bond donors (Lipinski definition) is 0. The van der Waals surface area contributed by atoms with Crippen LogP contribution in [0.4, 0.5) is 16.2 Å². The van der Waals surface area contributed by atoms with E-state index in [-0.39, 0.29) is 18.5 Å². The molecule has 1 saturated heterocycles. The maximum atomic E-state index is 12.6. The van der Waals surface area contributed by atoms with Gasteiger partial charge < -0.3 is 4.74 Å². The summed E-state index contributed by atoms with van der Waals surface area (Å²) < 4.78 is 5.38. The number of halogens is 1. The van der Waals surface area contributed by atoms with Crippen molar-refractivity contribution in [2.75, 3.05) is 23.0 Å². The molecular weight excluding hydrogens is 316 g/mol. The molecule has 2 aromatic carbocycles. The van der Waals surface area contributed by atoms with Crippen LogP contribution in [-0.2, 0) is 4.79 Å². The summed E-state index contributed by atoms with van der Waals surface area (Å²) in [4.78, 5) is 27.4. The summed E-state index contributed by atoms with van der Waals surface area (Å²) in [7, 11) is 0. The van der Waals surface area contributed by atoms with Crippen molar-refractivity contribution >= 4 is 34.9 Å². The summed E-state index contributed by atoms with van der Waals surface area (Å²) in [5, 5.41) is 0.552. The first-order valence-electron chi connectivity index (χ1n) is 7.23. The molecule has 0 spiro atoms. The Bertz CT molecular complexity index is 729. The zero-order chi connectivity index (χ0) is 16.4. The number of carbonyl (C=O) groups is 2. The first-order valence-corrected chi connectivity index (χ1v) is 7.61. The monoisotopic (exact) mass is 330 g/mol. The third-order valence-corrected chi connectivity index (χ3v) is 3.76. The molecule has 1 aliphatic rings. The van der Waals surface area contributed by atoms with Crippen molar-refractivity contribution in [3.8, 4) is 5.75 Å². The standard InChI is InChI=1S/C17H15ClN2O3/c1-2-23-15-9-7-13(8-10-15)19-11-16(21)20(17(19)22)14-5-3-12(18)4-6-14/h3-10H,2,11H2,1H3. The average molecular weight is 331 g/mol. The number of anilines is 2. The Balaban J connectivity index is 1.84. The van der Waals surface area contributed by atoms with Gasteiger partial charge in [0.05, 0.1) is 12.3 Å². The maximum Gasteiger partial charge on any atom is 0.336 e. The highest BCUT2D eigenvalue weighted by atomic mass is 35.5. The van der Waals surface area contributed by atoms with Gasteiger partial charge in [-0.05, 0) is 55.5 Å². The molecule has 0 radical (unpaired) electrons. The van der Waals surface area contributed by atoms with Gasteiger partial charge in [-0.2, -0.15) is 0 Å².